The van der Waals surface area contributed by atoms with Crippen LogP contribution in [0.3, 0.4) is 0 Å². The number of hydrogen-bond donors (Lipinski definition) is 0. The number of carbonyl (C=O) groups is 1. The van der Waals surface area contributed by atoms with Crippen LogP contribution in [0.1, 0.15) is 54.9 Å². The quantitative estimate of drug-likeness (QED) is 0.131. The molecule has 0 aromatic carbocycles. The number of allylic oxidation sites excluding steroid dienone is 1. The van der Waals surface area contributed by atoms with E-state index in [2.05, 4.69) is 64.1 Å². The molecular formula is C18H35IO3Si. The van der Waals surface area contributed by atoms with E-state index in [0.29, 0.717) is 29.1 Å². The summed E-state index contributed by atoms with van der Waals surface area (Å²) in [5, 5.41) is 0. The highest BCUT2D eigenvalue weighted by Gasteiger charge is 2.45. The van der Waals surface area contributed by atoms with Gasteiger partial charge in [0, 0.05) is 17.1 Å². The van der Waals surface area contributed by atoms with Gasteiger partial charge < -0.3 is 9.16 Å². The van der Waals surface area contributed by atoms with Gasteiger partial charge in [-0.15, -0.1) is 0 Å². The van der Waals surface area contributed by atoms with Gasteiger partial charge >= 0.3 is 5.97 Å². The molecule has 0 aromatic heterocycles. The summed E-state index contributed by atoms with van der Waals surface area (Å²) in [5.74, 6) is 0.195. The van der Waals surface area contributed by atoms with E-state index in [4.69, 9.17) is 9.16 Å². The summed E-state index contributed by atoms with van der Waals surface area (Å²) in [4.78, 5) is 11.4. The fourth-order valence-electron chi connectivity index (χ4n) is 3.48. The Balaban J connectivity index is 4.76. The van der Waals surface area contributed by atoms with Crippen LogP contribution in [-0.2, 0) is 14.0 Å². The van der Waals surface area contributed by atoms with Gasteiger partial charge in [0.2, 0.25) is 0 Å². The number of rotatable bonds is 11. The molecule has 0 aliphatic rings. The van der Waals surface area contributed by atoms with Gasteiger partial charge in [-0.1, -0.05) is 70.2 Å². The maximum atomic E-state index is 11.4. The van der Waals surface area contributed by atoms with Crippen LogP contribution >= 0.6 is 22.6 Å². The Morgan fingerprint density at radius 1 is 1.09 bits per heavy atom. The van der Waals surface area contributed by atoms with Gasteiger partial charge in [-0.05, 0) is 35.9 Å². The van der Waals surface area contributed by atoms with Crippen molar-refractivity contribution < 1.29 is 14.0 Å². The Kier molecular flexibility index (Phi) is 11.7. The van der Waals surface area contributed by atoms with Crippen molar-refractivity contribution in [3.05, 3.63) is 12.2 Å². The van der Waals surface area contributed by atoms with Gasteiger partial charge in [-0.3, -0.25) is 0 Å². The Labute approximate surface area is 157 Å². The molecule has 0 radical (unpaired) electrons. The van der Waals surface area contributed by atoms with Crippen molar-refractivity contribution in [1.82, 2.24) is 0 Å². The molecule has 0 saturated heterocycles. The van der Waals surface area contributed by atoms with Crippen LogP contribution in [0.4, 0.5) is 0 Å². The third-order valence-corrected chi connectivity index (χ3v) is 11.8. The van der Waals surface area contributed by atoms with Crippen LogP contribution in [0.25, 0.3) is 0 Å². The second-order valence-corrected chi connectivity index (χ2v) is 13.4. The molecule has 0 N–H and O–H groups in total. The zero-order valence-corrected chi connectivity index (χ0v) is 19.1. The van der Waals surface area contributed by atoms with Gasteiger partial charge in [0.1, 0.15) is 0 Å². The highest BCUT2D eigenvalue weighted by atomic mass is 127. The number of hydrogen-bond acceptors (Lipinski definition) is 3. The molecule has 0 fully saturated rings. The van der Waals surface area contributed by atoms with Crippen molar-refractivity contribution in [2.24, 2.45) is 5.92 Å². The fourth-order valence-corrected chi connectivity index (χ4v) is 9.62. The molecule has 0 aromatic rings. The highest BCUT2D eigenvalue weighted by molar-refractivity contribution is 14.1. The lowest BCUT2D eigenvalue weighted by molar-refractivity contribution is -0.137. The van der Waals surface area contributed by atoms with E-state index < -0.39 is 8.32 Å². The van der Waals surface area contributed by atoms with E-state index in [1.165, 1.54) is 0 Å². The van der Waals surface area contributed by atoms with Crippen LogP contribution < -0.4 is 0 Å². The molecule has 0 amide bonds. The predicted octanol–water partition coefficient (Wildman–Crippen LogP) is 5.74. The fraction of sp³-hybridized carbons (Fsp3) is 0.833. The normalized spacial score (nSPS) is 14.2. The maximum absolute atomic E-state index is 11.4. The van der Waals surface area contributed by atoms with Gasteiger partial charge in [-0.25, -0.2) is 4.79 Å². The molecule has 5 heteroatoms. The first-order valence-corrected chi connectivity index (χ1v) is 12.4. The van der Waals surface area contributed by atoms with Crippen LogP contribution in [-0.4, -0.2) is 31.9 Å². The number of alkyl halides is 1. The summed E-state index contributed by atoms with van der Waals surface area (Å²) in [6.45, 7) is 16.9. The van der Waals surface area contributed by atoms with Crippen molar-refractivity contribution in [1.29, 1.82) is 0 Å². The average Bonchev–Trinajstić information content (AvgIpc) is 2.45. The first-order chi connectivity index (χ1) is 10.7. The Morgan fingerprint density at radius 3 is 2.00 bits per heavy atom. The zero-order chi connectivity index (χ0) is 18.0. The summed E-state index contributed by atoms with van der Waals surface area (Å²) in [5.41, 5.74) is 1.81. The molecule has 136 valence electrons. The molecule has 0 aliphatic heterocycles. The number of carbonyl (C=O) groups excluding carboxylic acids is 1. The molecular weight excluding hydrogens is 419 g/mol. The standard InChI is InChI=1S/C18H35IO3Si/c1-8-21-18(20)11-9-10-17(12-19)13-22-23(14(2)3,15(4)5)16(6)7/h9,11,14-17H,8,10,12-13H2,1-7H3/b11-9+/t17-/m1/s1. The Hall–Kier alpha value is 0.117. The molecule has 3 nitrogen and oxygen atoms in total. The first kappa shape index (κ1) is 23.1. The third kappa shape index (κ3) is 7.26. The number of esters is 1. The van der Waals surface area contributed by atoms with Gasteiger partial charge in [0.25, 0.3) is 0 Å². The highest BCUT2D eigenvalue weighted by Crippen LogP contribution is 2.42. The minimum absolute atomic E-state index is 0.254. The van der Waals surface area contributed by atoms with Crippen LogP contribution in [0, 0.1) is 5.92 Å². The third-order valence-electron chi connectivity index (χ3n) is 4.50. The lowest BCUT2D eigenvalue weighted by atomic mass is 10.1. The lowest BCUT2D eigenvalue weighted by Gasteiger charge is -2.43. The van der Waals surface area contributed by atoms with Crippen molar-refractivity contribution in [3.63, 3.8) is 0 Å². The maximum Gasteiger partial charge on any atom is 0.330 e. The Bertz CT molecular complexity index is 346. The molecule has 0 heterocycles. The second-order valence-electron chi connectivity index (χ2n) is 7.04. The summed E-state index contributed by atoms with van der Waals surface area (Å²) in [6.07, 6.45) is 4.33. The smallest absolute Gasteiger partial charge is 0.330 e. The Morgan fingerprint density at radius 2 is 1.61 bits per heavy atom. The molecule has 0 unspecified atom stereocenters. The summed E-state index contributed by atoms with van der Waals surface area (Å²) in [7, 11) is -1.80. The minimum atomic E-state index is -1.80. The van der Waals surface area contributed by atoms with Gasteiger partial charge in [0.05, 0.1) is 6.61 Å². The van der Waals surface area contributed by atoms with E-state index in [0.717, 1.165) is 17.5 Å². The van der Waals surface area contributed by atoms with E-state index in [9.17, 15) is 4.79 Å². The van der Waals surface area contributed by atoms with Gasteiger partial charge in [-0.2, -0.15) is 0 Å². The largest absolute Gasteiger partial charge is 0.463 e. The van der Waals surface area contributed by atoms with Crippen molar-refractivity contribution >= 4 is 36.9 Å². The molecule has 0 rings (SSSR count). The number of ether oxygens (including phenoxy) is 1. The van der Waals surface area contributed by atoms with E-state index in [-0.39, 0.29) is 5.97 Å². The van der Waals surface area contributed by atoms with Crippen LogP contribution in [0.15, 0.2) is 12.2 Å². The predicted molar refractivity (Wildman–Crippen MR) is 110 cm³/mol. The van der Waals surface area contributed by atoms with E-state index >= 15 is 0 Å². The molecule has 23 heavy (non-hydrogen) atoms. The lowest BCUT2D eigenvalue weighted by Crippen LogP contribution is -2.48. The molecule has 0 saturated carbocycles. The van der Waals surface area contributed by atoms with Crippen molar-refractivity contribution in [3.8, 4) is 0 Å². The molecule has 1 atom stereocenters. The van der Waals surface area contributed by atoms with Gasteiger partial charge in [0.15, 0.2) is 8.32 Å². The SMILES string of the molecule is CCOC(=O)/C=C/C[C@H](CI)CO[Si](C(C)C)(C(C)C)C(C)C. The monoisotopic (exact) mass is 454 g/mol. The second kappa shape index (κ2) is 11.6. The van der Waals surface area contributed by atoms with Crippen molar-refractivity contribution in [2.45, 2.75) is 71.5 Å². The summed E-state index contributed by atoms with van der Waals surface area (Å²) >= 11 is 2.41. The van der Waals surface area contributed by atoms with Crippen LogP contribution in [0.2, 0.25) is 16.6 Å². The molecule has 0 aliphatic carbocycles. The average molecular weight is 454 g/mol. The summed E-state index contributed by atoms with van der Waals surface area (Å²) < 4.78 is 12.6. The van der Waals surface area contributed by atoms with E-state index in [1.807, 2.05) is 13.0 Å². The zero-order valence-electron chi connectivity index (χ0n) is 15.9. The van der Waals surface area contributed by atoms with Crippen molar-refractivity contribution in [2.75, 3.05) is 17.6 Å². The topological polar surface area (TPSA) is 35.5 Å². The summed E-state index contributed by atoms with van der Waals surface area (Å²) in [6, 6.07) is 0. The molecule has 0 bridgehead atoms. The minimum Gasteiger partial charge on any atom is -0.463 e. The molecule has 0 spiro atoms. The van der Waals surface area contributed by atoms with Crippen LogP contribution in [0.5, 0.6) is 0 Å². The van der Waals surface area contributed by atoms with E-state index in [1.54, 1.807) is 6.08 Å². The first-order valence-electron chi connectivity index (χ1n) is 8.75. The number of halogens is 1.